The number of hydrogen-bond acceptors (Lipinski definition) is 4. The average molecular weight is 286 g/mol. The summed E-state index contributed by atoms with van der Waals surface area (Å²) in [6.07, 6.45) is 1.38. The van der Waals surface area contributed by atoms with Gasteiger partial charge < -0.3 is 4.57 Å². The fourth-order valence-corrected chi connectivity index (χ4v) is 2.65. The van der Waals surface area contributed by atoms with Crippen molar-refractivity contribution in [2.75, 3.05) is 0 Å². The fraction of sp³-hybridized carbons (Fsp3) is 0.273. The Balaban J connectivity index is 2.14. The monoisotopic (exact) mass is 285 g/mol. The molecule has 1 aromatic carbocycles. The molecular weight excluding hydrogens is 274 g/mol. The highest BCUT2D eigenvalue weighted by Gasteiger charge is 2.19. The van der Waals surface area contributed by atoms with Crippen molar-refractivity contribution in [2.24, 2.45) is 7.05 Å². The van der Waals surface area contributed by atoms with Gasteiger partial charge in [0.05, 0.1) is 0 Å². The number of benzene rings is 1. The van der Waals surface area contributed by atoms with Crippen LogP contribution in [0.5, 0.6) is 0 Å². The lowest BCUT2D eigenvalue weighted by Gasteiger charge is -2.02. The van der Waals surface area contributed by atoms with Crippen molar-refractivity contribution in [3.8, 4) is 0 Å². The van der Waals surface area contributed by atoms with Crippen LogP contribution >= 0.6 is 10.7 Å². The van der Waals surface area contributed by atoms with E-state index < -0.39 is 9.05 Å². The summed E-state index contributed by atoms with van der Waals surface area (Å²) in [5.74, 6) is 0.595. The van der Waals surface area contributed by atoms with Crippen LogP contribution in [-0.2, 0) is 28.9 Å². The molecule has 0 fully saturated rings. The van der Waals surface area contributed by atoms with Crippen LogP contribution in [0.15, 0.2) is 35.5 Å². The Labute approximate surface area is 110 Å². The Morgan fingerprint density at radius 2 is 1.83 bits per heavy atom. The van der Waals surface area contributed by atoms with E-state index in [-0.39, 0.29) is 5.16 Å². The lowest BCUT2D eigenvalue weighted by atomic mass is 10.1. The Morgan fingerprint density at radius 1 is 1.17 bits per heavy atom. The molecule has 18 heavy (non-hydrogen) atoms. The van der Waals surface area contributed by atoms with Crippen LogP contribution in [0.4, 0.5) is 0 Å². The Bertz CT molecular complexity index is 638. The lowest BCUT2D eigenvalue weighted by molar-refractivity contribution is 0.590. The van der Waals surface area contributed by atoms with Gasteiger partial charge in [0.1, 0.15) is 5.82 Å². The highest BCUT2D eigenvalue weighted by molar-refractivity contribution is 8.13. The average Bonchev–Trinajstić information content (AvgIpc) is 2.69. The highest BCUT2D eigenvalue weighted by Crippen LogP contribution is 2.13. The zero-order valence-electron chi connectivity index (χ0n) is 9.75. The summed E-state index contributed by atoms with van der Waals surface area (Å²) in [5, 5.41) is 7.22. The smallest absolute Gasteiger partial charge is 0.296 e. The maximum atomic E-state index is 11.2. The summed E-state index contributed by atoms with van der Waals surface area (Å²) >= 11 is 0. The van der Waals surface area contributed by atoms with Crippen LogP contribution in [0.2, 0.25) is 0 Å². The number of aromatic nitrogens is 3. The summed E-state index contributed by atoms with van der Waals surface area (Å²) in [6, 6.07) is 9.89. The first-order valence-electron chi connectivity index (χ1n) is 5.35. The molecule has 7 heteroatoms. The van der Waals surface area contributed by atoms with Crippen molar-refractivity contribution in [2.45, 2.75) is 18.0 Å². The van der Waals surface area contributed by atoms with Crippen molar-refractivity contribution in [3.63, 3.8) is 0 Å². The number of hydrogen-bond donors (Lipinski definition) is 0. The van der Waals surface area contributed by atoms with Crippen molar-refractivity contribution < 1.29 is 8.42 Å². The van der Waals surface area contributed by atoms with Gasteiger partial charge in [0, 0.05) is 24.2 Å². The minimum atomic E-state index is -3.83. The van der Waals surface area contributed by atoms with E-state index in [0.717, 1.165) is 12.0 Å². The number of halogens is 1. The quantitative estimate of drug-likeness (QED) is 0.799. The highest BCUT2D eigenvalue weighted by atomic mass is 35.7. The molecule has 0 aliphatic rings. The van der Waals surface area contributed by atoms with Crippen LogP contribution in [0.1, 0.15) is 11.4 Å². The van der Waals surface area contributed by atoms with Crippen molar-refractivity contribution in [3.05, 3.63) is 41.7 Å². The predicted octanol–water partition coefficient (Wildman–Crippen LogP) is 1.53. The fourth-order valence-electron chi connectivity index (χ4n) is 1.68. The Morgan fingerprint density at radius 3 is 2.39 bits per heavy atom. The maximum absolute atomic E-state index is 11.2. The normalized spacial score (nSPS) is 11.7. The van der Waals surface area contributed by atoms with Gasteiger partial charge in [-0.05, 0) is 12.0 Å². The first-order valence-corrected chi connectivity index (χ1v) is 7.66. The third-order valence-electron chi connectivity index (χ3n) is 2.62. The summed E-state index contributed by atoms with van der Waals surface area (Å²) in [5.41, 5.74) is 1.16. The van der Waals surface area contributed by atoms with E-state index in [1.165, 1.54) is 4.57 Å². The molecule has 0 saturated carbocycles. The molecule has 0 amide bonds. The van der Waals surface area contributed by atoms with E-state index in [9.17, 15) is 8.42 Å². The van der Waals surface area contributed by atoms with Gasteiger partial charge in [-0.1, -0.05) is 30.3 Å². The van der Waals surface area contributed by atoms with Gasteiger partial charge in [0.15, 0.2) is 0 Å². The van der Waals surface area contributed by atoms with E-state index >= 15 is 0 Å². The number of rotatable bonds is 4. The second-order valence-corrected chi connectivity index (χ2v) is 6.34. The van der Waals surface area contributed by atoms with Crippen LogP contribution < -0.4 is 0 Å². The van der Waals surface area contributed by atoms with Crippen LogP contribution in [-0.4, -0.2) is 23.2 Å². The first-order chi connectivity index (χ1) is 8.48. The largest absolute Gasteiger partial charge is 0.304 e. The van der Waals surface area contributed by atoms with Gasteiger partial charge in [-0.2, -0.15) is 0 Å². The van der Waals surface area contributed by atoms with Gasteiger partial charge in [0.2, 0.25) is 0 Å². The van der Waals surface area contributed by atoms with E-state index in [1.54, 1.807) is 7.05 Å². The van der Waals surface area contributed by atoms with E-state index in [1.807, 2.05) is 30.3 Å². The molecule has 0 aliphatic carbocycles. The molecule has 0 saturated heterocycles. The molecule has 0 aliphatic heterocycles. The molecule has 2 rings (SSSR count). The summed E-state index contributed by atoms with van der Waals surface area (Å²) in [7, 11) is 3.00. The van der Waals surface area contributed by atoms with Gasteiger partial charge >= 0.3 is 0 Å². The zero-order chi connectivity index (χ0) is 13.2. The zero-order valence-corrected chi connectivity index (χ0v) is 11.3. The summed E-state index contributed by atoms with van der Waals surface area (Å²) < 4.78 is 23.8. The van der Waals surface area contributed by atoms with Gasteiger partial charge in [-0.3, -0.25) is 0 Å². The van der Waals surface area contributed by atoms with Crippen molar-refractivity contribution in [1.82, 2.24) is 14.8 Å². The standard InChI is InChI=1S/C11H12ClN3O2S/c1-15-10(13-14-11(15)18(12,16)17)8-7-9-5-3-2-4-6-9/h2-6H,7-8H2,1H3. The van der Waals surface area contributed by atoms with Crippen LogP contribution in [0.3, 0.4) is 0 Å². The van der Waals surface area contributed by atoms with Crippen LogP contribution in [0.25, 0.3) is 0 Å². The second kappa shape index (κ2) is 5.07. The molecule has 0 radical (unpaired) electrons. The molecule has 0 atom stereocenters. The third kappa shape index (κ3) is 2.88. The van der Waals surface area contributed by atoms with E-state index in [4.69, 9.17) is 10.7 Å². The lowest BCUT2D eigenvalue weighted by Crippen LogP contribution is -2.05. The Hall–Kier alpha value is -1.40. The molecule has 0 N–H and O–H groups in total. The van der Waals surface area contributed by atoms with Gasteiger partial charge in [0.25, 0.3) is 14.2 Å². The summed E-state index contributed by atoms with van der Waals surface area (Å²) in [4.78, 5) is 0. The molecule has 5 nitrogen and oxygen atoms in total. The summed E-state index contributed by atoms with van der Waals surface area (Å²) in [6.45, 7) is 0. The predicted molar refractivity (Wildman–Crippen MR) is 67.9 cm³/mol. The molecule has 1 aromatic heterocycles. The van der Waals surface area contributed by atoms with E-state index in [0.29, 0.717) is 12.2 Å². The number of aryl methyl sites for hydroxylation is 2. The van der Waals surface area contributed by atoms with Crippen molar-refractivity contribution in [1.29, 1.82) is 0 Å². The third-order valence-corrected chi connectivity index (χ3v) is 3.83. The molecule has 0 bridgehead atoms. The minimum absolute atomic E-state index is 0.216. The maximum Gasteiger partial charge on any atom is 0.296 e. The van der Waals surface area contributed by atoms with Crippen molar-refractivity contribution >= 4 is 19.7 Å². The molecule has 96 valence electrons. The molecule has 1 heterocycles. The van der Waals surface area contributed by atoms with E-state index in [2.05, 4.69) is 10.2 Å². The van der Waals surface area contributed by atoms with Crippen LogP contribution in [0, 0.1) is 0 Å². The Kier molecular flexibility index (Phi) is 3.68. The molecule has 0 unspecified atom stereocenters. The van der Waals surface area contributed by atoms with Gasteiger partial charge in [-0.25, -0.2) is 8.42 Å². The molecule has 2 aromatic rings. The second-order valence-electron chi connectivity index (χ2n) is 3.88. The molecular formula is C11H12ClN3O2S. The molecule has 0 spiro atoms. The first kappa shape index (κ1) is 13.0. The number of nitrogens with zero attached hydrogens (tertiary/aromatic N) is 3. The van der Waals surface area contributed by atoms with Gasteiger partial charge in [-0.15, -0.1) is 10.2 Å². The minimum Gasteiger partial charge on any atom is -0.304 e. The topological polar surface area (TPSA) is 64.8 Å². The SMILES string of the molecule is Cn1c(CCc2ccccc2)nnc1S(=O)(=O)Cl.